The summed E-state index contributed by atoms with van der Waals surface area (Å²) in [7, 11) is 0. The molecule has 0 bridgehead atoms. The zero-order chi connectivity index (χ0) is 37.7. The smallest absolute Gasteiger partial charge is 0.318 e. The monoisotopic (exact) mass is 843 g/mol. The SMILES string of the molecule is CC#N.CC1C=C(C2=CCc3ncc(Br)cc32)CCN1.CC1C=C(C2=CCc3ncc(Br)cc32)CCN1C(=O)NC1CCCC1.N#COC1CCCC1. The van der Waals surface area contributed by atoms with Crippen molar-refractivity contribution in [2.45, 2.75) is 122 Å². The zero-order valence-electron chi connectivity index (χ0n) is 31.1. The number of amides is 2. The second-order valence-corrected chi connectivity index (χ2v) is 16.1. The lowest BCUT2D eigenvalue weighted by Crippen LogP contribution is -2.49. The minimum Gasteiger partial charge on any atom is -0.424 e. The van der Waals surface area contributed by atoms with E-state index in [2.05, 4.69) is 103 Å². The summed E-state index contributed by atoms with van der Waals surface area (Å²) in [6, 6.07) is 7.16. The zero-order valence-corrected chi connectivity index (χ0v) is 34.3. The van der Waals surface area contributed by atoms with Gasteiger partial charge in [-0.05, 0) is 138 Å². The molecule has 280 valence electrons. The number of fused-ring (bicyclic) bond motifs is 2. The fraction of sp³-hybridized carbons (Fsp3) is 0.500. The molecule has 2 atom stereocenters. The third kappa shape index (κ3) is 11.1. The van der Waals surface area contributed by atoms with Crippen molar-refractivity contribution in [3.05, 3.63) is 91.4 Å². The number of nitriles is 2. The summed E-state index contributed by atoms with van der Waals surface area (Å²) in [6.07, 6.45) is 28.1. The highest BCUT2D eigenvalue weighted by Crippen LogP contribution is 2.37. The third-order valence-corrected chi connectivity index (χ3v) is 11.3. The Hall–Kier alpha value is -3.77. The minimum atomic E-state index is 0.0971. The Morgan fingerprint density at radius 1 is 0.887 bits per heavy atom. The number of pyridine rings is 2. The van der Waals surface area contributed by atoms with E-state index in [1.165, 1.54) is 71.7 Å². The Bertz CT molecular complexity index is 1810. The van der Waals surface area contributed by atoms with Crippen LogP contribution >= 0.6 is 31.9 Å². The van der Waals surface area contributed by atoms with Crippen molar-refractivity contribution >= 4 is 49.0 Å². The van der Waals surface area contributed by atoms with Crippen LogP contribution in [0.2, 0.25) is 0 Å². The normalized spacial score (nSPS) is 21.6. The molecule has 9 nitrogen and oxygen atoms in total. The van der Waals surface area contributed by atoms with E-state index >= 15 is 0 Å². The molecule has 53 heavy (non-hydrogen) atoms. The number of nitrogens with one attached hydrogen (secondary N) is 2. The molecule has 4 heterocycles. The van der Waals surface area contributed by atoms with Crippen LogP contribution in [0, 0.1) is 22.8 Å². The van der Waals surface area contributed by atoms with E-state index in [4.69, 9.17) is 15.3 Å². The van der Waals surface area contributed by atoms with Crippen molar-refractivity contribution in [1.82, 2.24) is 25.5 Å². The third-order valence-electron chi connectivity index (χ3n) is 10.5. The van der Waals surface area contributed by atoms with Crippen molar-refractivity contribution in [2.75, 3.05) is 13.1 Å². The Balaban J connectivity index is 0.000000166. The van der Waals surface area contributed by atoms with E-state index in [1.807, 2.05) is 17.3 Å². The molecule has 2 fully saturated rings. The van der Waals surface area contributed by atoms with Crippen LogP contribution in [0.25, 0.3) is 11.1 Å². The molecule has 2 saturated carbocycles. The molecule has 8 rings (SSSR count). The van der Waals surface area contributed by atoms with Gasteiger partial charge in [0.1, 0.15) is 6.10 Å². The van der Waals surface area contributed by atoms with Gasteiger partial charge in [0, 0.05) is 76.9 Å². The van der Waals surface area contributed by atoms with Gasteiger partial charge in [-0.2, -0.15) is 10.5 Å². The molecule has 2 aromatic rings. The molecule has 0 spiro atoms. The highest BCUT2D eigenvalue weighted by Gasteiger charge is 2.29. The van der Waals surface area contributed by atoms with E-state index in [0.29, 0.717) is 12.1 Å². The number of ether oxygens (including phenoxy) is 1. The lowest BCUT2D eigenvalue weighted by molar-refractivity contribution is 0.168. The van der Waals surface area contributed by atoms with E-state index < -0.39 is 0 Å². The standard InChI is InChI=1S/C20H24BrN3O.C14H15BrN2.C6H9NO.C2H3N/c1-13-10-14(17-6-7-19-18(17)11-15(21)12-22-19)8-9-24(13)20(25)23-16-4-2-3-5-16;1-9-6-10(4-5-16-9)12-2-3-14-13(12)7-11(15)8-17-14;7-5-8-6-3-1-2-4-6;1-2-3/h6,10-13,16H,2-5,7-9H2,1H3,(H,23,25);2,6-9,16H,3-5H2,1H3;6H,1-4H2;1H3. The molecular formula is C42H51Br2N7O2. The highest BCUT2D eigenvalue weighted by atomic mass is 79.9. The number of aromatic nitrogens is 2. The molecule has 2 aliphatic heterocycles. The number of urea groups is 1. The van der Waals surface area contributed by atoms with Crippen molar-refractivity contribution in [2.24, 2.45) is 0 Å². The molecule has 4 aliphatic carbocycles. The summed E-state index contributed by atoms with van der Waals surface area (Å²) in [5.74, 6) is 0. The number of hydrogen-bond acceptors (Lipinski definition) is 7. The van der Waals surface area contributed by atoms with Crippen LogP contribution in [0.5, 0.6) is 0 Å². The molecule has 2 aromatic heterocycles. The van der Waals surface area contributed by atoms with Crippen LogP contribution in [0.1, 0.15) is 107 Å². The molecule has 0 aromatic carbocycles. The number of carbonyl (C=O) groups excluding carboxylic acids is 1. The van der Waals surface area contributed by atoms with E-state index in [1.54, 1.807) is 12.3 Å². The number of nitrogens with zero attached hydrogens (tertiary/aromatic N) is 5. The van der Waals surface area contributed by atoms with Crippen molar-refractivity contribution in [1.29, 1.82) is 10.5 Å². The maximum atomic E-state index is 12.6. The molecule has 0 radical (unpaired) electrons. The second-order valence-electron chi connectivity index (χ2n) is 14.3. The van der Waals surface area contributed by atoms with Crippen LogP contribution in [-0.2, 0) is 17.6 Å². The average Bonchev–Trinajstić information content (AvgIpc) is 3.98. The van der Waals surface area contributed by atoms with Gasteiger partial charge in [0.05, 0.1) is 17.5 Å². The van der Waals surface area contributed by atoms with Gasteiger partial charge in [0.25, 0.3) is 6.26 Å². The van der Waals surface area contributed by atoms with Crippen LogP contribution < -0.4 is 10.6 Å². The van der Waals surface area contributed by atoms with Gasteiger partial charge in [0.2, 0.25) is 0 Å². The van der Waals surface area contributed by atoms with Crippen molar-refractivity contribution in [3.8, 4) is 12.3 Å². The van der Waals surface area contributed by atoms with Gasteiger partial charge in [-0.15, -0.1) is 0 Å². The Morgan fingerprint density at radius 3 is 1.96 bits per heavy atom. The lowest BCUT2D eigenvalue weighted by atomic mass is 9.93. The van der Waals surface area contributed by atoms with E-state index in [-0.39, 0.29) is 18.2 Å². The Labute approximate surface area is 331 Å². The predicted molar refractivity (Wildman–Crippen MR) is 217 cm³/mol. The second kappa shape index (κ2) is 20.1. The number of halogens is 2. The predicted octanol–water partition coefficient (Wildman–Crippen LogP) is 9.50. The quantitative estimate of drug-likeness (QED) is 0.294. The average molecular weight is 846 g/mol. The molecular weight excluding hydrogens is 794 g/mol. The van der Waals surface area contributed by atoms with Crippen LogP contribution in [0.15, 0.2) is 68.9 Å². The molecule has 6 aliphatic rings. The van der Waals surface area contributed by atoms with Gasteiger partial charge in [-0.1, -0.05) is 37.1 Å². The maximum Gasteiger partial charge on any atom is 0.318 e. The summed E-state index contributed by atoms with van der Waals surface area (Å²) in [6.45, 7) is 7.60. The fourth-order valence-electron chi connectivity index (χ4n) is 7.88. The first kappa shape index (κ1) is 40.4. The van der Waals surface area contributed by atoms with Gasteiger partial charge in [-0.3, -0.25) is 9.97 Å². The molecule has 2 N–H and O–H groups in total. The summed E-state index contributed by atoms with van der Waals surface area (Å²) >= 11 is 7.03. The Kier molecular flexibility index (Phi) is 15.3. The van der Waals surface area contributed by atoms with Gasteiger partial charge in [-0.25, -0.2) is 4.79 Å². The number of allylic oxidation sites excluding steroid dienone is 4. The van der Waals surface area contributed by atoms with Crippen LogP contribution in [0.3, 0.4) is 0 Å². The lowest BCUT2D eigenvalue weighted by Gasteiger charge is -2.34. The molecule has 11 heteroatoms. The first-order valence-electron chi connectivity index (χ1n) is 19.0. The fourth-order valence-corrected chi connectivity index (χ4v) is 8.55. The van der Waals surface area contributed by atoms with Crippen LogP contribution in [-0.4, -0.2) is 58.2 Å². The first-order chi connectivity index (χ1) is 25.7. The highest BCUT2D eigenvalue weighted by molar-refractivity contribution is 9.10. The van der Waals surface area contributed by atoms with Gasteiger partial charge < -0.3 is 20.3 Å². The van der Waals surface area contributed by atoms with E-state index in [9.17, 15) is 4.79 Å². The molecule has 2 amide bonds. The van der Waals surface area contributed by atoms with E-state index in [0.717, 1.165) is 79.1 Å². The van der Waals surface area contributed by atoms with Crippen molar-refractivity contribution in [3.63, 3.8) is 0 Å². The minimum absolute atomic E-state index is 0.0971. The summed E-state index contributed by atoms with van der Waals surface area (Å²) in [4.78, 5) is 23.6. The molecule has 2 unspecified atom stereocenters. The van der Waals surface area contributed by atoms with Crippen molar-refractivity contribution < 1.29 is 9.53 Å². The van der Waals surface area contributed by atoms with Gasteiger partial charge in [0.15, 0.2) is 0 Å². The molecule has 0 saturated heterocycles. The maximum absolute atomic E-state index is 12.6. The number of hydrogen-bond donors (Lipinski definition) is 2. The Morgan fingerprint density at radius 2 is 1.43 bits per heavy atom. The summed E-state index contributed by atoms with van der Waals surface area (Å²) in [5.41, 5.74) is 10.4. The van der Waals surface area contributed by atoms with Crippen LogP contribution in [0.4, 0.5) is 4.79 Å². The first-order valence-corrected chi connectivity index (χ1v) is 20.6. The van der Waals surface area contributed by atoms with Gasteiger partial charge >= 0.3 is 6.03 Å². The summed E-state index contributed by atoms with van der Waals surface area (Å²) < 4.78 is 6.78. The summed E-state index contributed by atoms with van der Waals surface area (Å²) in [5, 5.41) is 22.0. The number of carbonyl (C=O) groups is 1. The topological polar surface area (TPSA) is 127 Å². The largest absolute Gasteiger partial charge is 0.424 e. The number of rotatable bonds is 4.